The van der Waals surface area contributed by atoms with Crippen LogP contribution >= 0.6 is 11.6 Å². The summed E-state index contributed by atoms with van der Waals surface area (Å²) in [5.41, 5.74) is 0. The molecule has 0 spiro atoms. The van der Waals surface area contributed by atoms with Gasteiger partial charge in [-0.2, -0.15) is 0 Å². The molecule has 1 aliphatic rings. The Morgan fingerprint density at radius 1 is 1.35 bits per heavy atom. The first-order valence-corrected chi connectivity index (χ1v) is 7.85. The molecule has 1 amide bonds. The Balaban J connectivity index is 1.80. The number of nitrogens with zero attached hydrogens (tertiary/aromatic N) is 2. The molecule has 1 heterocycles. The summed E-state index contributed by atoms with van der Waals surface area (Å²) >= 11 is 5.78. The highest BCUT2D eigenvalue weighted by Crippen LogP contribution is 2.32. The van der Waals surface area contributed by atoms with Crippen LogP contribution in [0.25, 0.3) is 0 Å². The number of aromatic nitrogens is 2. The number of rotatable bonds is 5. The third-order valence-corrected chi connectivity index (χ3v) is 4.28. The van der Waals surface area contributed by atoms with E-state index in [0.717, 1.165) is 18.8 Å². The SMILES string of the molecule is CCCCC1CCC(C(=O)Nc2cc(Cl)ncn2)CC1. The van der Waals surface area contributed by atoms with E-state index in [0.29, 0.717) is 11.0 Å². The predicted octanol–water partition coefficient (Wildman–Crippen LogP) is 4.07. The van der Waals surface area contributed by atoms with Gasteiger partial charge in [0.25, 0.3) is 0 Å². The standard InChI is InChI=1S/C15H22ClN3O/c1-2-3-4-11-5-7-12(8-6-11)15(20)19-14-9-13(16)17-10-18-14/h9-12H,2-8H2,1H3,(H,17,18,19,20). The summed E-state index contributed by atoms with van der Waals surface area (Å²) in [5.74, 6) is 1.48. The number of hydrogen-bond donors (Lipinski definition) is 1. The molecule has 1 aliphatic carbocycles. The van der Waals surface area contributed by atoms with Gasteiger partial charge in [0.2, 0.25) is 5.91 Å². The zero-order chi connectivity index (χ0) is 14.4. The van der Waals surface area contributed by atoms with Gasteiger partial charge in [-0.15, -0.1) is 0 Å². The number of unbranched alkanes of at least 4 members (excludes halogenated alkanes) is 1. The van der Waals surface area contributed by atoms with Crippen molar-refractivity contribution in [1.29, 1.82) is 0 Å². The molecule has 1 N–H and O–H groups in total. The second-order valence-electron chi connectivity index (χ2n) is 5.58. The Morgan fingerprint density at radius 2 is 2.10 bits per heavy atom. The number of amides is 1. The maximum Gasteiger partial charge on any atom is 0.228 e. The third-order valence-electron chi connectivity index (χ3n) is 4.07. The van der Waals surface area contributed by atoms with Gasteiger partial charge in [-0.3, -0.25) is 4.79 Å². The molecule has 0 aliphatic heterocycles. The van der Waals surface area contributed by atoms with E-state index >= 15 is 0 Å². The number of carbonyl (C=O) groups is 1. The van der Waals surface area contributed by atoms with E-state index in [2.05, 4.69) is 22.2 Å². The molecule has 4 nitrogen and oxygen atoms in total. The molecule has 1 aromatic rings. The van der Waals surface area contributed by atoms with Gasteiger partial charge in [-0.25, -0.2) is 9.97 Å². The van der Waals surface area contributed by atoms with Gasteiger partial charge in [0, 0.05) is 12.0 Å². The van der Waals surface area contributed by atoms with E-state index in [1.54, 1.807) is 6.07 Å². The van der Waals surface area contributed by atoms with Crippen LogP contribution in [0.1, 0.15) is 51.9 Å². The molecule has 20 heavy (non-hydrogen) atoms. The maximum atomic E-state index is 12.2. The summed E-state index contributed by atoms with van der Waals surface area (Å²) in [7, 11) is 0. The van der Waals surface area contributed by atoms with E-state index < -0.39 is 0 Å². The van der Waals surface area contributed by atoms with Gasteiger partial charge in [-0.05, 0) is 31.6 Å². The van der Waals surface area contributed by atoms with E-state index in [1.807, 2.05) is 0 Å². The van der Waals surface area contributed by atoms with Crippen LogP contribution < -0.4 is 5.32 Å². The minimum absolute atomic E-state index is 0.0636. The molecule has 1 aromatic heterocycles. The summed E-state index contributed by atoms with van der Waals surface area (Å²) in [6.07, 6.45) is 9.55. The lowest BCUT2D eigenvalue weighted by molar-refractivity contribution is -0.121. The molecule has 1 saturated carbocycles. The van der Waals surface area contributed by atoms with Crippen LogP contribution in [-0.2, 0) is 4.79 Å². The van der Waals surface area contributed by atoms with Gasteiger partial charge in [0.05, 0.1) is 0 Å². The first kappa shape index (κ1) is 15.2. The Labute approximate surface area is 125 Å². The fourth-order valence-electron chi connectivity index (χ4n) is 2.84. The predicted molar refractivity (Wildman–Crippen MR) is 80.6 cm³/mol. The molecule has 0 unspecified atom stereocenters. The zero-order valence-electron chi connectivity index (χ0n) is 11.9. The van der Waals surface area contributed by atoms with Gasteiger partial charge in [0.1, 0.15) is 17.3 Å². The lowest BCUT2D eigenvalue weighted by atomic mass is 9.79. The van der Waals surface area contributed by atoms with Crippen molar-refractivity contribution in [3.63, 3.8) is 0 Å². The van der Waals surface area contributed by atoms with Crippen LogP contribution in [0.2, 0.25) is 5.15 Å². The van der Waals surface area contributed by atoms with Crippen LogP contribution in [0, 0.1) is 11.8 Å². The molecular formula is C15H22ClN3O. The van der Waals surface area contributed by atoms with Gasteiger partial charge in [0.15, 0.2) is 0 Å². The number of nitrogens with one attached hydrogen (secondary N) is 1. The number of anilines is 1. The smallest absolute Gasteiger partial charge is 0.228 e. The third kappa shape index (κ3) is 4.44. The van der Waals surface area contributed by atoms with E-state index in [4.69, 9.17) is 11.6 Å². The maximum absolute atomic E-state index is 12.2. The van der Waals surface area contributed by atoms with Gasteiger partial charge < -0.3 is 5.32 Å². The van der Waals surface area contributed by atoms with Crippen molar-refractivity contribution < 1.29 is 4.79 Å². The summed E-state index contributed by atoms with van der Waals surface area (Å²) in [6.45, 7) is 2.23. The summed E-state index contributed by atoms with van der Waals surface area (Å²) in [5, 5.41) is 3.18. The van der Waals surface area contributed by atoms with Crippen LogP contribution in [-0.4, -0.2) is 15.9 Å². The van der Waals surface area contributed by atoms with Crippen molar-refractivity contribution in [3.8, 4) is 0 Å². The Kier molecular flexibility index (Phi) is 5.77. The first-order chi connectivity index (χ1) is 9.69. The average molecular weight is 296 g/mol. The lowest BCUT2D eigenvalue weighted by Gasteiger charge is -2.27. The molecule has 2 rings (SSSR count). The summed E-state index contributed by atoms with van der Waals surface area (Å²) in [4.78, 5) is 20.0. The summed E-state index contributed by atoms with van der Waals surface area (Å²) < 4.78 is 0. The van der Waals surface area contributed by atoms with E-state index in [-0.39, 0.29) is 11.8 Å². The van der Waals surface area contributed by atoms with Crippen LogP contribution in [0.3, 0.4) is 0 Å². The topological polar surface area (TPSA) is 54.9 Å². The normalized spacial score (nSPS) is 22.5. The molecular weight excluding hydrogens is 274 g/mol. The Bertz CT molecular complexity index is 444. The number of halogens is 1. The van der Waals surface area contributed by atoms with Gasteiger partial charge >= 0.3 is 0 Å². The number of hydrogen-bond acceptors (Lipinski definition) is 3. The minimum Gasteiger partial charge on any atom is -0.310 e. The molecule has 0 bridgehead atoms. The molecule has 0 atom stereocenters. The second kappa shape index (κ2) is 7.58. The Morgan fingerprint density at radius 3 is 2.75 bits per heavy atom. The molecule has 110 valence electrons. The average Bonchev–Trinajstić information content (AvgIpc) is 2.45. The molecule has 0 aromatic carbocycles. The van der Waals surface area contributed by atoms with Crippen molar-refractivity contribution in [2.75, 3.05) is 5.32 Å². The molecule has 5 heteroatoms. The summed E-state index contributed by atoms with van der Waals surface area (Å²) in [6, 6.07) is 1.58. The lowest BCUT2D eigenvalue weighted by Crippen LogP contribution is -2.27. The van der Waals surface area contributed by atoms with Crippen molar-refractivity contribution in [3.05, 3.63) is 17.5 Å². The number of carbonyl (C=O) groups excluding carboxylic acids is 1. The second-order valence-corrected chi connectivity index (χ2v) is 5.96. The Hall–Kier alpha value is -1.16. The fourth-order valence-corrected chi connectivity index (χ4v) is 2.98. The van der Waals surface area contributed by atoms with Crippen molar-refractivity contribution in [1.82, 2.24) is 9.97 Å². The van der Waals surface area contributed by atoms with Crippen molar-refractivity contribution in [2.45, 2.75) is 51.9 Å². The minimum atomic E-state index is 0.0636. The van der Waals surface area contributed by atoms with Crippen LogP contribution in [0.5, 0.6) is 0 Å². The fraction of sp³-hybridized carbons (Fsp3) is 0.667. The van der Waals surface area contributed by atoms with E-state index in [1.165, 1.54) is 38.4 Å². The van der Waals surface area contributed by atoms with Crippen molar-refractivity contribution in [2.24, 2.45) is 11.8 Å². The largest absolute Gasteiger partial charge is 0.310 e. The highest BCUT2D eigenvalue weighted by molar-refractivity contribution is 6.29. The molecule has 1 fully saturated rings. The van der Waals surface area contributed by atoms with Gasteiger partial charge in [-0.1, -0.05) is 37.8 Å². The monoisotopic (exact) mass is 295 g/mol. The van der Waals surface area contributed by atoms with Crippen molar-refractivity contribution >= 4 is 23.3 Å². The zero-order valence-corrected chi connectivity index (χ0v) is 12.7. The first-order valence-electron chi connectivity index (χ1n) is 7.47. The van der Waals surface area contributed by atoms with Crippen LogP contribution in [0.4, 0.5) is 5.82 Å². The highest BCUT2D eigenvalue weighted by Gasteiger charge is 2.26. The quantitative estimate of drug-likeness (QED) is 0.833. The highest BCUT2D eigenvalue weighted by atomic mass is 35.5. The molecule has 0 radical (unpaired) electrons. The van der Waals surface area contributed by atoms with E-state index in [9.17, 15) is 4.79 Å². The molecule has 0 saturated heterocycles. The van der Waals surface area contributed by atoms with Crippen LogP contribution in [0.15, 0.2) is 12.4 Å².